The average molecular weight is 296 g/mol. The van der Waals surface area contributed by atoms with Crippen LogP contribution in [-0.2, 0) is 4.79 Å². The third-order valence-electron chi connectivity index (χ3n) is 3.46. The Hall–Kier alpha value is -1.10. The Morgan fingerprint density at radius 1 is 1.40 bits per heavy atom. The smallest absolute Gasteiger partial charge is 0.238 e. The van der Waals surface area contributed by atoms with Gasteiger partial charge in [-0.25, -0.2) is 0 Å². The Balaban J connectivity index is 1.92. The van der Waals surface area contributed by atoms with Crippen LogP contribution in [0.3, 0.4) is 0 Å². The summed E-state index contributed by atoms with van der Waals surface area (Å²) in [7, 11) is 0. The van der Waals surface area contributed by atoms with Crippen LogP contribution in [0.15, 0.2) is 18.2 Å². The van der Waals surface area contributed by atoms with Crippen molar-refractivity contribution in [3.63, 3.8) is 0 Å². The quantitative estimate of drug-likeness (QED) is 0.899. The van der Waals surface area contributed by atoms with Gasteiger partial charge in [0, 0.05) is 35.9 Å². The number of anilines is 1. The van der Waals surface area contributed by atoms with Crippen molar-refractivity contribution >= 4 is 23.2 Å². The molecule has 0 saturated carbocycles. The third-order valence-corrected chi connectivity index (χ3v) is 3.70. The number of nitrogens with one attached hydrogen (secondary N) is 2. The fourth-order valence-electron chi connectivity index (χ4n) is 2.73. The first-order valence-electron chi connectivity index (χ1n) is 6.98. The van der Waals surface area contributed by atoms with Crippen molar-refractivity contribution in [1.29, 1.82) is 0 Å². The van der Waals surface area contributed by atoms with Gasteiger partial charge < -0.3 is 10.6 Å². The van der Waals surface area contributed by atoms with Crippen molar-refractivity contribution in [2.45, 2.75) is 32.9 Å². The number of benzene rings is 1. The number of carbonyl (C=O) groups is 1. The minimum Gasteiger partial charge on any atom is -0.325 e. The van der Waals surface area contributed by atoms with Crippen molar-refractivity contribution in [2.24, 2.45) is 0 Å². The number of halogens is 1. The van der Waals surface area contributed by atoms with E-state index in [1.807, 2.05) is 19.1 Å². The first kappa shape index (κ1) is 15.3. The Bertz CT molecular complexity index is 482. The summed E-state index contributed by atoms with van der Waals surface area (Å²) in [6, 6.07) is 6.33. The van der Waals surface area contributed by atoms with Gasteiger partial charge in [0.1, 0.15) is 0 Å². The molecule has 2 unspecified atom stereocenters. The van der Waals surface area contributed by atoms with Gasteiger partial charge >= 0.3 is 0 Å². The molecule has 1 aromatic rings. The molecule has 2 rings (SSSR count). The lowest BCUT2D eigenvalue weighted by molar-refractivity contribution is -0.117. The Morgan fingerprint density at radius 2 is 2.05 bits per heavy atom. The van der Waals surface area contributed by atoms with Crippen molar-refractivity contribution in [1.82, 2.24) is 10.2 Å². The second kappa shape index (κ2) is 6.57. The maximum absolute atomic E-state index is 12.1. The zero-order chi connectivity index (χ0) is 14.7. The molecule has 1 aliphatic heterocycles. The van der Waals surface area contributed by atoms with E-state index in [0.29, 0.717) is 23.7 Å². The molecule has 0 aliphatic carbocycles. The second-order valence-corrected chi connectivity index (χ2v) is 6.11. The number of piperazine rings is 1. The summed E-state index contributed by atoms with van der Waals surface area (Å²) in [5.41, 5.74) is 1.81. The van der Waals surface area contributed by atoms with Gasteiger partial charge in [0.05, 0.1) is 6.54 Å². The number of rotatable bonds is 3. The lowest BCUT2D eigenvalue weighted by Gasteiger charge is -2.35. The van der Waals surface area contributed by atoms with Crippen LogP contribution < -0.4 is 10.6 Å². The molecule has 0 spiro atoms. The van der Waals surface area contributed by atoms with Crippen LogP contribution in [0.5, 0.6) is 0 Å². The van der Waals surface area contributed by atoms with Gasteiger partial charge in [-0.2, -0.15) is 0 Å². The molecule has 0 radical (unpaired) electrons. The van der Waals surface area contributed by atoms with E-state index in [9.17, 15) is 4.79 Å². The molecule has 20 heavy (non-hydrogen) atoms. The number of hydrogen-bond donors (Lipinski definition) is 2. The van der Waals surface area contributed by atoms with Crippen LogP contribution in [0, 0.1) is 6.92 Å². The van der Waals surface area contributed by atoms with Gasteiger partial charge in [-0.05, 0) is 44.5 Å². The normalized spacial score (nSPS) is 23.6. The van der Waals surface area contributed by atoms with E-state index in [4.69, 9.17) is 11.6 Å². The van der Waals surface area contributed by atoms with E-state index in [2.05, 4.69) is 29.4 Å². The molecule has 1 amide bonds. The standard InChI is InChI=1S/C15H22ClN3O/c1-10-6-13(16)4-5-14(10)18-15(20)9-19-7-11(2)17-12(3)8-19/h4-6,11-12,17H,7-9H2,1-3H3,(H,18,20). The second-order valence-electron chi connectivity index (χ2n) is 5.67. The summed E-state index contributed by atoms with van der Waals surface area (Å²) in [4.78, 5) is 14.3. The van der Waals surface area contributed by atoms with E-state index in [0.717, 1.165) is 24.3 Å². The molecule has 5 heteroatoms. The molecule has 2 atom stereocenters. The van der Waals surface area contributed by atoms with Crippen LogP contribution in [-0.4, -0.2) is 42.5 Å². The molecule has 1 fully saturated rings. The van der Waals surface area contributed by atoms with E-state index >= 15 is 0 Å². The summed E-state index contributed by atoms with van der Waals surface area (Å²) in [6.45, 7) is 8.46. The van der Waals surface area contributed by atoms with Gasteiger partial charge in [0.15, 0.2) is 0 Å². The SMILES string of the molecule is Cc1cc(Cl)ccc1NC(=O)CN1CC(C)NC(C)C1. The van der Waals surface area contributed by atoms with E-state index in [-0.39, 0.29) is 5.91 Å². The van der Waals surface area contributed by atoms with Crippen molar-refractivity contribution < 1.29 is 4.79 Å². The fraction of sp³-hybridized carbons (Fsp3) is 0.533. The average Bonchev–Trinajstić information content (AvgIpc) is 2.31. The van der Waals surface area contributed by atoms with Crippen molar-refractivity contribution in [2.75, 3.05) is 25.0 Å². The zero-order valence-electron chi connectivity index (χ0n) is 12.2. The fourth-order valence-corrected chi connectivity index (χ4v) is 2.96. The Kier molecular flexibility index (Phi) is 5.02. The van der Waals surface area contributed by atoms with Crippen LogP contribution in [0.1, 0.15) is 19.4 Å². The summed E-state index contributed by atoms with van der Waals surface area (Å²) >= 11 is 5.91. The Labute approximate surface area is 125 Å². The highest BCUT2D eigenvalue weighted by Gasteiger charge is 2.22. The molecule has 1 aliphatic rings. The summed E-state index contributed by atoms with van der Waals surface area (Å²) in [6.07, 6.45) is 0. The highest BCUT2D eigenvalue weighted by Crippen LogP contribution is 2.19. The van der Waals surface area contributed by atoms with Gasteiger partial charge in [-0.15, -0.1) is 0 Å². The first-order chi connectivity index (χ1) is 9.44. The molecule has 0 bridgehead atoms. The molecule has 1 heterocycles. The minimum absolute atomic E-state index is 0.0247. The summed E-state index contributed by atoms with van der Waals surface area (Å²) in [5, 5.41) is 7.10. The molecule has 1 aromatic carbocycles. The van der Waals surface area contributed by atoms with Crippen LogP contribution in [0.25, 0.3) is 0 Å². The van der Waals surface area contributed by atoms with E-state index < -0.39 is 0 Å². The highest BCUT2D eigenvalue weighted by atomic mass is 35.5. The lowest BCUT2D eigenvalue weighted by atomic mass is 10.1. The van der Waals surface area contributed by atoms with Crippen molar-refractivity contribution in [3.05, 3.63) is 28.8 Å². The molecule has 2 N–H and O–H groups in total. The number of hydrogen-bond acceptors (Lipinski definition) is 3. The number of aryl methyl sites for hydroxylation is 1. The van der Waals surface area contributed by atoms with Gasteiger partial charge in [-0.3, -0.25) is 9.69 Å². The molecule has 1 saturated heterocycles. The predicted molar refractivity (Wildman–Crippen MR) is 83.3 cm³/mol. The molecule has 110 valence electrons. The monoisotopic (exact) mass is 295 g/mol. The van der Waals surface area contributed by atoms with Gasteiger partial charge in [-0.1, -0.05) is 11.6 Å². The number of amides is 1. The minimum atomic E-state index is 0.0247. The maximum Gasteiger partial charge on any atom is 0.238 e. The van der Waals surface area contributed by atoms with Gasteiger partial charge in [0.25, 0.3) is 0 Å². The summed E-state index contributed by atoms with van der Waals surface area (Å²) in [5.74, 6) is 0.0247. The predicted octanol–water partition coefficient (Wildman–Crippen LogP) is 2.27. The third kappa shape index (κ3) is 4.20. The Morgan fingerprint density at radius 3 is 2.65 bits per heavy atom. The molecule has 4 nitrogen and oxygen atoms in total. The molecular weight excluding hydrogens is 274 g/mol. The largest absolute Gasteiger partial charge is 0.325 e. The maximum atomic E-state index is 12.1. The molecular formula is C15H22ClN3O. The van der Waals surface area contributed by atoms with E-state index in [1.165, 1.54) is 0 Å². The first-order valence-corrected chi connectivity index (χ1v) is 7.36. The summed E-state index contributed by atoms with van der Waals surface area (Å²) < 4.78 is 0. The number of carbonyl (C=O) groups excluding carboxylic acids is 1. The topological polar surface area (TPSA) is 44.4 Å². The van der Waals surface area contributed by atoms with Crippen LogP contribution >= 0.6 is 11.6 Å². The molecule has 0 aromatic heterocycles. The van der Waals surface area contributed by atoms with Crippen LogP contribution in [0.2, 0.25) is 5.02 Å². The lowest BCUT2D eigenvalue weighted by Crippen LogP contribution is -2.55. The van der Waals surface area contributed by atoms with Crippen molar-refractivity contribution in [3.8, 4) is 0 Å². The van der Waals surface area contributed by atoms with Crippen LogP contribution in [0.4, 0.5) is 5.69 Å². The van der Waals surface area contributed by atoms with E-state index in [1.54, 1.807) is 6.07 Å². The zero-order valence-corrected chi connectivity index (χ0v) is 13.0. The number of nitrogens with zero attached hydrogens (tertiary/aromatic N) is 1. The van der Waals surface area contributed by atoms with Gasteiger partial charge in [0.2, 0.25) is 5.91 Å². The highest BCUT2D eigenvalue weighted by molar-refractivity contribution is 6.30.